The smallest absolute Gasteiger partial charge is 0.326 e. The number of hydrogen-bond acceptors (Lipinski definition) is 3. The number of amides is 1. The minimum absolute atomic E-state index is 0.0799. The number of nitrogens with zero attached hydrogens (tertiary/aromatic N) is 1. The molecule has 1 unspecified atom stereocenters. The first-order chi connectivity index (χ1) is 10.6. The van der Waals surface area contributed by atoms with E-state index >= 15 is 0 Å². The van der Waals surface area contributed by atoms with Crippen molar-refractivity contribution in [2.24, 2.45) is 5.92 Å². The summed E-state index contributed by atoms with van der Waals surface area (Å²) in [6, 6.07) is 8.79. The molecule has 0 aromatic heterocycles. The maximum absolute atomic E-state index is 12.5. The number of hydrogen-bond donors (Lipinski definition) is 1. The average Bonchev–Trinajstić information content (AvgIpc) is 2.55. The minimum Gasteiger partial charge on any atom is -0.494 e. The van der Waals surface area contributed by atoms with Gasteiger partial charge in [0.05, 0.1) is 6.61 Å². The van der Waals surface area contributed by atoms with Gasteiger partial charge in [-0.3, -0.25) is 4.79 Å². The monoisotopic (exact) mass is 305 g/mol. The van der Waals surface area contributed by atoms with E-state index in [1.165, 1.54) is 4.90 Å². The van der Waals surface area contributed by atoms with Gasteiger partial charge in [0.25, 0.3) is 0 Å². The van der Waals surface area contributed by atoms with Gasteiger partial charge in [-0.05, 0) is 37.8 Å². The van der Waals surface area contributed by atoms with E-state index in [2.05, 4.69) is 0 Å². The van der Waals surface area contributed by atoms with E-state index in [9.17, 15) is 14.7 Å². The fourth-order valence-corrected chi connectivity index (χ4v) is 2.73. The molecule has 120 valence electrons. The molecule has 22 heavy (non-hydrogen) atoms. The Kier molecular flexibility index (Phi) is 5.81. The first-order valence-corrected chi connectivity index (χ1v) is 7.80. The summed E-state index contributed by atoms with van der Waals surface area (Å²) in [6.07, 6.45) is 2.87. The number of likely N-dealkylation sites (tertiary alicyclic amines) is 1. The zero-order chi connectivity index (χ0) is 15.9. The number of ether oxygens (including phenoxy) is 1. The molecule has 1 aliphatic heterocycles. The van der Waals surface area contributed by atoms with Crippen molar-refractivity contribution in [3.63, 3.8) is 0 Å². The summed E-state index contributed by atoms with van der Waals surface area (Å²) < 4.78 is 5.60. The molecule has 5 heteroatoms. The SMILES string of the molecule is CC(CCOc1ccccc1)C(=O)N1CCCC[C@@H]1C(=O)O. The number of aliphatic carboxylic acids is 1. The van der Waals surface area contributed by atoms with Crippen LogP contribution in [0.5, 0.6) is 5.75 Å². The second kappa shape index (κ2) is 7.82. The number of rotatable bonds is 6. The Balaban J connectivity index is 1.84. The number of piperidine rings is 1. The summed E-state index contributed by atoms with van der Waals surface area (Å²) in [6.45, 7) is 2.83. The van der Waals surface area contributed by atoms with Crippen LogP contribution in [0.2, 0.25) is 0 Å². The van der Waals surface area contributed by atoms with E-state index in [0.29, 0.717) is 26.0 Å². The van der Waals surface area contributed by atoms with Crippen molar-refractivity contribution in [2.75, 3.05) is 13.2 Å². The van der Waals surface area contributed by atoms with Gasteiger partial charge in [-0.15, -0.1) is 0 Å². The second-order valence-corrected chi connectivity index (χ2v) is 5.73. The van der Waals surface area contributed by atoms with Crippen molar-refractivity contribution in [3.8, 4) is 5.75 Å². The standard InChI is InChI=1S/C17H23NO4/c1-13(10-12-22-14-7-3-2-4-8-14)16(19)18-11-6-5-9-15(18)17(20)21/h2-4,7-8,13,15H,5-6,9-12H2,1H3,(H,20,21)/t13?,15-/m1/s1. The lowest BCUT2D eigenvalue weighted by molar-refractivity contribution is -0.153. The molecule has 0 saturated carbocycles. The highest BCUT2D eigenvalue weighted by Gasteiger charge is 2.33. The second-order valence-electron chi connectivity index (χ2n) is 5.73. The van der Waals surface area contributed by atoms with Crippen LogP contribution >= 0.6 is 0 Å². The fraction of sp³-hybridized carbons (Fsp3) is 0.529. The number of carbonyl (C=O) groups excluding carboxylic acids is 1. The van der Waals surface area contributed by atoms with E-state index in [0.717, 1.165) is 18.6 Å². The van der Waals surface area contributed by atoms with Gasteiger partial charge in [0.1, 0.15) is 11.8 Å². The lowest BCUT2D eigenvalue weighted by Gasteiger charge is -2.34. The van der Waals surface area contributed by atoms with Crippen LogP contribution in [0.1, 0.15) is 32.6 Å². The summed E-state index contributed by atoms with van der Waals surface area (Å²) in [7, 11) is 0. The number of carboxylic acid groups (broad SMARTS) is 1. The normalized spacial score (nSPS) is 19.5. The maximum atomic E-state index is 12.5. The summed E-state index contributed by atoms with van der Waals surface area (Å²) >= 11 is 0. The van der Waals surface area contributed by atoms with Crippen LogP contribution in [0, 0.1) is 5.92 Å². The van der Waals surface area contributed by atoms with Crippen LogP contribution in [0.4, 0.5) is 0 Å². The molecule has 1 amide bonds. The summed E-state index contributed by atoms with van der Waals surface area (Å²) in [5, 5.41) is 9.25. The van der Waals surface area contributed by atoms with Gasteiger partial charge < -0.3 is 14.7 Å². The third-order valence-electron chi connectivity index (χ3n) is 4.06. The van der Waals surface area contributed by atoms with Gasteiger partial charge in [-0.25, -0.2) is 4.79 Å². The van der Waals surface area contributed by atoms with Gasteiger partial charge in [-0.1, -0.05) is 25.1 Å². The molecular formula is C17H23NO4. The zero-order valence-electron chi connectivity index (χ0n) is 12.9. The molecule has 1 saturated heterocycles. The number of para-hydroxylation sites is 1. The Morgan fingerprint density at radius 2 is 2.05 bits per heavy atom. The van der Waals surface area contributed by atoms with Crippen LogP contribution in [0.3, 0.4) is 0 Å². The molecule has 2 rings (SSSR count). The van der Waals surface area contributed by atoms with Crippen molar-refractivity contribution in [2.45, 2.75) is 38.6 Å². The zero-order valence-corrected chi connectivity index (χ0v) is 12.9. The summed E-state index contributed by atoms with van der Waals surface area (Å²) in [4.78, 5) is 25.3. The number of carboxylic acids is 1. The van der Waals surface area contributed by atoms with Crippen LogP contribution < -0.4 is 4.74 Å². The predicted molar refractivity (Wildman–Crippen MR) is 82.7 cm³/mol. The topological polar surface area (TPSA) is 66.8 Å². The van der Waals surface area contributed by atoms with Gasteiger partial charge in [0.15, 0.2) is 0 Å². The van der Waals surface area contributed by atoms with Crippen LogP contribution in [0.25, 0.3) is 0 Å². The van der Waals surface area contributed by atoms with E-state index in [1.54, 1.807) is 0 Å². The molecule has 1 aliphatic rings. The number of carbonyl (C=O) groups is 2. The molecule has 0 spiro atoms. The average molecular weight is 305 g/mol. The first-order valence-electron chi connectivity index (χ1n) is 7.80. The van der Waals surface area contributed by atoms with Crippen molar-refractivity contribution in [1.29, 1.82) is 0 Å². The van der Waals surface area contributed by atoms with Crippen molar-refractivity contribution < 1.29 is 19.4 Å². The molecule has 1 aromatic carbocycles. The van der Waals surface area contributed by atoms with E-state index in [1.807, 2.05) is 37.3 Å². The molecule has 0 bridgehead atoms. The third kappa shape index (κ3) is 4.23. The van der Waals surface area contributed by atoms with Crippen LogP contribution in [-0.2, 0) is 9.59 Å². The molecule has 1 N–H and O–H groups in total. The van der Waals surface area contributed by atoms with Gasteiger partial charge >= 0.3 is 5.97 Å². The van der Waals surface area contributed by atoms with Gasteiger partial charge in [0.2, 0.25) is 5.91 Å². The molecular weight excluding hydrogens is 282 g/mol. The van der Waals surface area contributed by atoms with Crippen molar-refractivity contribution in [1.82, 2.24) is 4.90 Å². The Bertz CT molecular complexity index is 503. The highest BCUT2D eigenvalue weighted by molar-refractivity contribution is 5.85. The summed E-state index contributed by atoms with van der Waals surface area (Å²) in [5.41, 5.74) is 0. The molecule has 0 radical (unpaired) electrons. The molecule has 5 nitrogen and oxygen atoms in total. The van der Waals surface area contributed by atoms with Crippen molar-refractivity contribution >= 4 is 11.9 Å². The van der Waals surface area contributed by atoms with Crippen molar-refractivity contribution in [3.05, 3.63) is 30.3 Å². The number of benzene rings is 1. The largest absolute Gasteiger partial charge is 0.494 e. The lowest BCUT2D eigenvalue weighted by atomic mass is 9.98. The van der Waals surface area contributed by atoms with Gasteiger partial charge in [0, 0.05) is 12.5 Å². The quantitative estimate of drug-likeness (QED) is 0.877. The molecule has 1 fully saturated rings. The Morgan fingerprint density at radius 3 is 2.73 bits per heavy atom. The summed E-state index contributed by atoms with van der Waals surface area (Å²) in [5.74, 6) is -0.434. The minimum atomic E-state index is -0.902. The Labute approximate surface area is 130 Å². The Hall–Kier alpha value is -2.04. The van der Waals surface area contributed by atoms with E-state index in [-0.39, 0.29) is 11.8 Å². The molecule has 1 aromatic rings. The van der Waals surface area contributed by atoms with Crippen LogP contribution in [0.15, 0.2) is 30.3 Å². The Morgan fingerprint density at radius 1 is 1.32 bits per heavy atom. The van der Waals surface area contributed by atoms with E-state index < -0.39 is 12.0 Å². The third-order valence-corrected chi connectivity index (χ3v) is 4.06. The highest BCUT2D eigenvalue weighted by atomic mass is 16.5. The lowest BCUT2D eigenvalue weighted by Crippen LogP contribution is -2.49. The molecule has 2 atom stereocenters. The molecule has 0 aliphatic carbocycles. The predicted octanol–water partition coefficient (Wildman–Crippen LogP) is 2.56. The van der Waals surface area contributed by atoms with Crippen LogP contribution in [-0.4, -0.2) is 41.1 Å². The maximum Gasteiger partial charge on any atom is 0.326 e. The van der Waals surface area contributed by atoms with E-state index in [4.69, 9.17) is 4.74 Å². The molecule has 1 heterocycles. The fourth-order valence-electron chi connectivity index (χ4n) is 2.73. The first kappa shape index (κ1) is 16.3. The van der Waals surface area contributed by atoms with Gasteiger partial charge in [-0.2, -0.15) is 0 Å². The highest BCUT2D eigenvalue weighted by Crippen LogP contribution is 2.21.